The van der Waals surface area contributed by atoms with Crippen molar-refractivity contribution in [2.75, 3.05) is 12.8 Å². The van der Waals surface area contributed by atoms with Gasteiger partial charge in [0.15, 0.2) is 0 Å². The van der Waals surface area contributed by atoms with Crippen molar-refractivity contribution in [2.24, 2.45) is 0 Å². The Morgan fingerprint density at radius 3 is 3.00 bits per heavy atom. The Morgan fingerprint density at radius 2 is 2.26 bits per heavy atom. The first kappa shape index (κ1) is 16.6. The Labute approximate surface area is 147 Å². The summed E-state index contributed by atoms with van der Waals surface area (Å²) in [7, 11) is 1.74. The fourth-order valence-corrected chi connectivity index (χ4v) is 4.76. The largest absolute Gasteiger partial charge is 0.331 e. The molecule has 1 N–H and O–H groups in total. The summed E-state index contributed by atoms with van der Waals surface area (Å²) >= 11 is 9.07. The zero-order valence-corrected chi connectivity index (χ0v) is 14.9. The van der Waals surface area contributed by atoms with E-state index in [4.69, 9.17) is 11.6 Å². The summed E-state index contributed by atoms with van der Waals surface area (Å²) in [5.41, 5.74) is 0.863. The Kier molecular flexibility index (Phi) is 5.14. The third kappa shape index (κ3) is 4.00. The van der Waals surface area contributed by atoms with E-state index in [9.17, 15) is 9.18 Å². The first-order valence-electron chi connectivity index (χ1n) is 7.21. The number of thioether (sulfide) groups is 1. The van der Waals surface area contributed by atoms with Gasteiger partial charge in [-0.2, -0.15) is 0 Å². The van der Waals surface area contributed by atoms with Gasteiger partial charge in [-0.3, -0.25) is 0 Å². The highest BCUT2D eigenvalue weighted by Crippen LogP contribution is 2.36. The highest BCUT2D eigenvalue weighted by Gasteiger charge is 2.24. The van der Waals surface area contributed by atoms with E-state index in [0.717, 1.165) is 27.5 Å². The second-order valence-corrected chi connectivity index (χ2v) is 8.32. The minimum atomic E-state index is -0.271. The molecule has 0 bridgehead atoms. The van der Waals surface area contributed by atoms with Crippen molar-refractivity contribution in [2.45, 2.75) is 23.9 Å². The molecule has 2 aromatic rings. The van der Waals surface area contributed by atoms with Crippen LogP contribution in [0.2, 0.25) is 4.34 Å². The molecule has 7 heteroatoms. The number of carbonyl (C=O) groups is 1. The SMILES string of the molecule is CN(Cc1ccc(Cl)s1)C(=O)NC1CCSc2ccc(F)cc21. The number of nitrogens with one attached hydrogen (secondary N) is 1. The number of hydrogen-bond acceptors (Lipinski definition) is 3. The van der Waals surface area contributed by atoms with Crippen molar-refractivity contribution in [3.63, 3.8) is 0 Å². The van der Waals surface area contributed by atoms with E-state index in [-0.39, 0.29) is 17.9 Å². The molecule has 0 saturated carbocycles. The first-order valence-corrected chi connectivity index (χ1v) is 9.39. The molecule has 23 heavy (non-hydrogen) atoms. The van der Waals surface area contributed by atoms with Gasteiger partial charge in [0.2, 0.25) is 0 Å². The van der Waals surface area contributed by atoms with Crippen molar-refractivity contribution in [1.82, 2.24) is 10.2 Å². The maximum atomic E-state index is 13.5. The number of benzene rings is 1. The minimum Gasteiger partial charge on any atom is -0.331 e. The molecule has 122 valence electrons. The number of halogens is 2. The molecule has 1 aromatic heterocycles. The van der Waals surface area contributed by atoms with Crippen LogP contribution >= 0.6 is 34.7 Å². The van der Waals surface area contributed by atoms with Gasteiger partial charge in [-0.05, 0) is 42.3 Å². The summed E-state index contributed by atoms with van der Waals surface area (Å²) in [6.07, 6.45) is 0.797. The molecule has 0 fully saturated rings. The van der Waals surface area contributed by atoms with Crippen molar-refractivity contribution >= 4 is 40.7 Å². The topological polar surface area (TPSA) is 32.3 Å². The predicted octanol–water partition coefficient (Wildman–Crippen LogP) is 4.92. The zero-order chi connectivity index (χ0) is 16.4. The first-order chi connectivity index (χ1) is 11.0. The van der Waals surface area contributed by atoms with Crippen molar-refractivity contribution < 1.29 is 9.18 Å². The van der Waals surface area contributed by atoms with E-state index >= 15 is 0 Å². The zero-order valence-electron chi connectivity index (χ0n) is 12.5. The van der Waals surface area contributed by atoms with Crippen LogP contribution in [-0.4, -0.2) is 23.7 Å². The summed E-state index contributed by atoms with van der Waals surface area (Å²) in [5.74, 6) is 0.639. The molecule has 0 spiro atoms. The number of thiophene rings is 1. The smallest absolute Gasteiger partial charge is 0.317 e. The third-order valence-electron chi connectivity index (χ3n) is 3.68. The minimum absolute atomic E-state index is 0.149. The second kappa shape index (κ2) is 7.11. The Morgan fingerprint density at radius 1 is 1.43 bits per heavy atom. The maximum Gasteiger partial charge on any atom is 0.317 e. The predicted molar refractivity (Wildman–Crippen MR) is 93.8 cm³/mol. The molecule has 1 aromatic carbocycles. The van der Waals surface area contributed by atoms with Crippen LogP contribution in [-0.2, 0) is 6.54 Å². The van der Waals surface area contributed by atoms with Crippen LogP contribution < -0.4 is 5.32 Å². The van der Waals surface area contributed by atoms with Gasteiger partial charge in [0.05, 0.1) is 16.9 Å². The Balaban J connectivity index is 1.67. The number of fused-ring (bicyclic) bond motifs is 1. The number of hydrogen-bond donors (Lipinski definition) is 1. The monoisotopic (exact) mass is 370 g/mol. The maximum absolute atomic E-state index is 13.5. The third-order valence-corrected chi connectivity index (χ3v) is 6.02. The molecular formula is C16H16ClFN2OS2. The van der Waals surface area contributed by atoms with Gasteiger partial charge in [-0.25, -0.2) is 9.18 Å². The number of rotatable bonds is 3. The van der Waals surface area contributed by atoms with Crippen LogP contribution in [0, 0.1) is 5.82 Å². The summed E-state index contributed by atoms with van der Waals surface area (Å²) in [6.45, 7) is 0.501. The van der Waals surface area contributed by atoms with Crippen LogP contribution in [0.3, 0.4) is 0 Å². The molecule has 1 aliphatic heterocycles. The van der Waals surface area contributed by atoms with Crippen molar-refractivity contribution in [3.8, 4) is 0 Å². The van der Waals surface area contributed by atoms with Crippen molar-refractivity contribution in [1.29, 1.82) is 0 Å². The lowest BCUT2D eigenvalue weighted by molar-refractivity contribution is 0.202. The molecule has 1 unspecified atom stereocenters. The highest BCUT2D eigenvalue weighted by atomic mass is 35.5. The lowest BCUT2D eigenvalue weighted by atomic mass is 10.0. The fraction of sp³-hybridized carbons (Fsp3) is 0.312. The average Bonchev–Trinajstić information content (AvgIpc) is 2.93. The van der Waals surface area contributed by atoms with Gasteiger partial charge in [0.25, 0.3) is 0 Å². The molecule has 3 nitrogen and oxygen atoms in total. The molecule has 0 aliphatic carbocycles. The van der Waals surface area contributed by atoms with Crippen molar-refractivity contribution in [3.05, 3.63) is 50.9 Å². The lowest BCUT2D eigenvalue weighted by Crippen LogP contribution is -2.39. The number of nitrogens with zero attached hydrogens (tertiary/aromatic N) is 1. The van der Waals surface area contributed by atoms with Crippen LogP contribution in [0.25, 0.3) is 0 Å². The number of amides is 2. The molecule has 0 saturated heterocycles. The number of carbonyl (C=O) groups excluding carboxylic acids is 1. The standard InChI is InChI=1S/C16H16ClFN2OS2/c1-20(9-11-3-5-15(17)23-11)16(21)19-13-6-7-22-14-4-2-10(18)8-12(13)14/h2-5,8,13H,6-7,9H2,1H3,(H,19,21). The van der Waals surface area contributed by atoms with E-state index in [0.29, 0.717) is 10.9 Å². The van der Waals surface area contributed by atoms with Gasteiger partial charge in [-0.1, -0.05) is 11.6 Å². The van der Waals surface area contributed by atoms with Crippen LogP contribution in [0.4, 0.5) is 9.18 Å². The van der Waals surface area contributed by atoms with Gasteiger partial charge in [-0.15, -0.1) is 23.1 Å². The van der Waals surface area contributed by atoms with Gasteiger partial charge in [0, 0.05) is 22.6 Å². The normalized spacial score (nSPS) is 16.7. The molecule has 1 aliphatic rings. The molecule has 2 heterocycles. The van der Waals surface area contributed by atoms with E-state index in [1.807, 2.05) is 12.1 Å². The molecule has 0 radical (unpaired) electrons. The summed E-state index contributed by atoms with van der Waals surface area (Å²) in [4.78, 5) is 16.1. The summed E-state index contributed by atoms with van der Waals surface area (Å²) in [5, 5.41) is 3.01. The van der Waals surface area contributed by atoms with E-state index in [1.165, 1.54) is 23.5 Å². The Bertz CT molecular complexity index is 722. The quantitative estimate of drug-likeness (QED) is 0.831. The number of urea groups is 1. The highest BCUT2D eigenvalue weighted by molar-refractivity contribution is 7.99. The molecule has 3 rings (SSSR count). The lowest BCUT2D eigenvalue weighted by Gasteiger charge is -2.28. The van der Waals surface area contributed by atoms with Gasteiger partial charge >= 0.3 is 6.03 Å². The van der Waals surface area contributed by atoms with Gasteiger partial charge < -0.3 is 10.2 Å². The van der Waals surface area contributed by atoms with Crippen LogP contribution in [0.5, 0.6) is 0 Å². The Hall–Kier alpha value is -1.24. The van der Waals surface area contributed by atoms with E-state index < -0.39 is 0 Å². The molecule has 1 atom stereocenters. The molecular weight excluding hydrogens is 355 g/mol. The molecule has 2 amide bonds. The van der Waals surface area contributed by atoms with Crippen LogP contribution in [0.15, 0.2) is 35.2 Å². The average molecular weight is 371 g/mol. The van der Waals surface area contributed by atoms with Gasteiger partial charge in [0.1, 0.15) is 5.82 Å². The van der Waals surface area contributed by atoms with E-state index in [2.05, 4.69) is 5.32 Å². The second-order valence-electron chi connectivity index (χ2n) is 5.38. The fourth-order valence-electron chi connectivity index (χ4n) is 2.52. The van der Waals surface area contributed by atoms with E-state index in [1.54, 1.807) is 29.8 Å². The summed E-state index contributed by atoms with van der Waals surface area (Å²) in [6, 6.07) is 8.19. The summed E-state index contributed by atoms with van der Waals surface area (Å²) < 4.78 is 14.2. The van der Waals surface area contributed by atoms with Crippen LogP contribution in [0.1, 0.15) is 22.9 Å².